The Morgan fingerprint density at radius 3 is 0.814 bits per heavy atom. The van der Waals surface area contributed by atoms with Gasteiger partial charge >= 0.3 is 0 Å². The molecule has 4 atom stereocenters. The lowest BCUT2D eigenvalue weighted by atomic mass is 9.99. The number of rotatable bonds is 50. The topological polar surface area (TPSA) is 110 Å². The van der Waals surface area contributed by atoms with Crippen molar-refractivity contribution < 1.29 is 25.2 Å². The number of hydrogen-bond donors (Lipinski definition) is 5. The summed E-state index contributed by atoms with van der Waals surface area (Å²) < 4.78 is 0. The normalized spacial score (nSPS) is 13.8. The van der Waals surface area contributed by atoms with Crippen molar-refractivity contribution in [2.45, 2.75) is 327 Å². The molecule has 4 unspecified atom stereocenters. The smallest absolute Gasteiger partial charge is 0.249 e. The Balaban J connectivity index is 3.60. The maximum absolute atomic E-state index is 12.6. The molecule has 0 saturated heterocycles. The fraction of sp³-hybridized carbons (Fsp3) is 0.981. The minimum absolute atomic E-state index is 0.376. The van der Waals surface area contributed by atoms with Gasteiger partial charge in [0.2, 0.25) is 5.91 Å². The highest BCUT2D eigenvalue weighted by Crippen LogP contribution is 2.18. The molecule has 0 aromatic heterocycles. The molecule has 5 N–H and O–H groups in total. The largest absolute Gasteiger partial charge is 0.394 e. The van der Waals surface area contributed by atoms with E-state index in [2.05, 4.69) is 19.2 Å². The molecule has 0 rings (SSSR count). The average molecular weight is 838 g/mol. The van der Waals surface area contributed by atoms with E-state index in [9.17, 15) is 25.2 Å². The van der Waals surface area contributed by atoms with E-state index in [1.165, 1.54) is 238 Å². The number of carbonyl (C=O) groups excluding carboxylic acids is 1. The van der Waals surface area contributed by atoms with Crippen molar-refractivity contribution >= 4 is 5.91 Å². The highest BCUT2D eigenvalue weighted by Gasteiger charge is 2.28. The van der Waals surface area contributed by atoms with E-state index < -0.39 is 36.9 Å². The molecule has 0 aliphatic rings. The van der Waals surface area contributed by atoms with Crippen LogP contribution in [0, 0.1) is 0 Å². The molecular weight excluding hydrogens is 731 g/mol. The Labute approximate surface area is 369 Å². The van der Waals surface area contributed by atoms with Gasteiger partial charge in [0, 0.05) is 0 Å². The van der Waals surface area contributed by atoms with Gasteiger partial charge in [0.25, 0.3) is 0 Å². The van der Waals surface area contributed by atoms with Crippen LogP contribution in [0.1, 0.15) is 303 Å². The second-order valence-electron chi connectivity index (χ2n) is 18.9. The first kappa shape index (κ1) is 58.3. The summed E-state index contributed by atoms with van der Waals surface area (Å²) in [5.41, 5.74) is 0. The second kappa shape index (κ2) is 48.3. The maximum atomic E-state index is 12.6. The summed E-state index contributed by atoms with van der Waals surface area (Å²) in [6.45, 7) is 4.09. The molecule has 1 amide bonds. The van der Waals surface area contributed by atoms with E-state index in [0.717, 1.165) is 38.5 Å². The predicted octanol–water partition coefficient (Wildman–Crippen LogP) is 15.1. The molecule has 354 valence electrons. The Kier molecular flexibility index (Phi) is 47.8. The highest BCUT2D eigenvalue weighted by atomic mass is 16.3. The van der Waals surface area contributed by atoms with Crippen LogP contribution < -0.4 is 5.32 Å². The fourth-order valence-corrected chi connectivity index (χ4v) is 8.82. The summed E-state index contributed by atoms with van der Waals surface area (Å²) in [5, 5.41) is 44.0. The first-order chi connectivity index (χ1) is 29.0. The first-order valence-electron chi connectivity index (χ1n) is 26.9. The third-order valence-corrected chi connectivity index (χ3v) is 13.1. The first-order valence-corrected chi connectivity index (χ1v) is 26.9. The van der Waals surface area contributed by atoms with Crippen molar-refractivity contribution in [2.75, 3.05) is 6.61 Å². The van der Waals surface area contributed by atoms with E-state index in [1.54, 1.807) is 0 Å². The lowest BCUT2D eigenvalue weighted by Crippen LogP contribution is -2.53. The molecular formula is C53H107NO5. The third kappa shape index (κ3) is 42.4. The van der Waals surface area contributed by atoms with Crippen molar-refractivity contribution in [3.8, 4) is 0 Å². The quantitative estimate of drug-likeness (QED) is 0.0392. The number of carbonyl (C=O) groups is 1. The van der Waals surface area contributed by atoms with Crippen LogP contribution in [0.15, 0.2) is 0 Å². The molecule has 6 nitrogen and oxygen atoms in total. The summed E-state index contributed by atoms with van der Waals surface area (Å²) in [5.74, 6) is -0.576. The molecule has 0 fully saturated rings. The van der Waals surface area contributed by atoms with Crippen molar-refractivity contribution in [3.05, 3.63) is 0 Å². The van der Waals surface area contributed by atoms with Crippen LogP contribution >= 0.6 is 0 Å². The van der Waals surface area contributed by atoms with Gasteiger partial charge in [0.15, 0.2) is 0 Å². The van der Waals surface area contributed by atoms with Crippen molar-refractivity contribution in [1.29, 1.82) is 0 Å². The molecule has 0 aliphatic carbocycles. The SMILES string of the molecule is CCCCCCCCCCCCCCCCCCCCCCCCCCC(O)C(O)C(CO)NC(=O)C(O)CCCCCCCCCCCCCCCCCCCCC. The maximum Gasteiger partial charge on any atom is 0.249 e. The Hall–Kier alpha value is -0.690. The number of hydrogen-bond acceptors (Lipinski definition) is 5. The highest BCUT2D eigenvalue weighted by molar-refractivity contribution is 5.80. The Morgan fingerprint density at radius 2 is 0.576 bits per heavy atom. The zero-order chi connectivity index (χ0) is 43.1. The second-order valence-corrected chi connectivity index (χ2v) is 18.9. The minimum Gasteiger partial charge on any atom is -0.394 e. The standard InChI is InChI=1S/C53H107NO5/c1-3-5-7-9-11-13-15-17-19-21-23-24-25-26-27-29-30-32-34-36-38-40-42-44-46-50(56)52(58)49(48-55)54-53(59)51(57)47-45-43-41-39-37-35-33-31-28-22-20-18-16-14-12-10-8-6-4-2/h49-52,55-58H,3-48H2,1-2H3,(H,54,59). The van der Waals surface area contributed by atoms with E-state index >= 15 is 0 Å². The molecule has 0 saturated carbocycles. The van der Waals surface area contributed by atoms with E-state index in [1.807, 2.05) is 0 Å². The van der Waals surface area contributed by atoms with Crippen LogP contribution in [0.3, 0.4) is 0 Å². The Bertz CT molecular complexity index is 811. The van der Waals surface area contributed by atoms with Crippen LogP contribution in [-0.2, 0) is 4.79 Å². The summed E-state index contributed by atoms with van der Waals surface area (Å²) >= 11 is 0. The zero-order valence-corrected chi connectivity index (χ0v) is 40.0. The van der Waals surface area contributed by atoms with Gasteiger partial charge in [-0.3, -0.25) is 4.79 Å². The predicted molar refractivity (Wildman–Crippen MR) is 256 cm³/mol. The molecule has 6 heteroatoms. The number of aliphatic hydroxyl groups is 4. The lowest BCUT2D eigenvalue weighted by molar-refractivity contribution is -0.132. The summed E-state index contributed by atoms with van der Waals surface area (Å²) in [6.07, 6.45) is 54.4. The van der Waals surface area contributed by atoms with Gasteiger partial charge in [-0.15, -0.1) is 0 Å². The molecule has 0 radical (unpaired) electrons. The molecule has 0 aromatic carbocycles. The van der Waals surface area contributed by atoms with Crippen molar-refractivity contribution in [2.24, 2.45) is 0 Å². The van der Waals surface area contributed by atoms with Gasteiger partial charge in [0.05, 0.1) is 18.8 Å². The van der Waals surface area contributed by atoms with Gasteiger partial charge < -0.3 is 25.7 Å². The Morgan fingerprint density at radius 1 is 0.356 bits per heavy atom. The van der Waals surface area contributed by atoms with Crippen LogP contribution in [0.5, 0.6) is 0 Å². The van der Waals surface area contributed by atoms with Crippen LogP contribution in [0.4, 0.5) is 0 Å². The van der Waals surface area contributed by atoms with Crippen LogP contribution in [0.25, 0.3) is 0 Å². The summed E-state index contributed by atoms with van der Waals surface area (Å²) in [7, 11) is 0. The van der Waals surface area contributed by atoms with Crippen molar-refractivity contribution in [1.82, 2.24) is 5.32 Å². The molecule has 0 bridgehead atoms. The van der Waals surface area contributed by atoms with Gasteiger partial charge in [0.1, 0.15) is 12.2 Å². The van der Waals surface area contributed by atoms with Gasteiger partial charge in [-0.25, -0.2) is 0 Å². The number of unbranched alkanes of at least 4 members (excludes halogenated alkanes) is 41. The molecule has 59 heavy (non-hydrogen) atoms. The monoisotopic (exact) mass is 838 g/mol. The molecule has 0 spiro atoms. The lowest BCUT2D eigenvalue weighted by Gasteiger charge is -2.27. The fourth-order valence-electron chi connectivity index (χ4n) is 8.82. The van der Waals surface area contributed by atoms with Crippen LogP contribution in [-0.4, -0.2) is 57.3 Å². The summed E-state index contributed by atoms with van der Waals surface area (Å²) in [6, 6.07) is -0.980. The van der Waals surface area contributed by atoms with Gasteiger partial charge in [-0.2, -0.15) is 0 Å². The van der Waals surface area contributed by atoms with E-state index in [-0.39, 0.29) is 0 Å². The van der Waals surface area contributed by atoms with Gasteiger partial charge in [-0.05, 0) is 12.8 Å². The minimum atomic E-state index is -1.25. The molecule has 0 heterocycles. The van der Waals surface area contributed by atoms with Gasteiger partial charge in [-0.1, -0.05) is 290 Å². The number of amides is 1. The average Bonchev–Trinajstić information content (AvgIpc) is 3.24. The molecule has 0 aromatic rings. The third-order valence-electron chi connectivity index (χ3n) is 13.1. The number of aliphatic hydroxyl groups excluding tert-OH is 4. The zero-order valence-electron chi connectivity index (χ0n) is 40.0. The van der Waals surface area contributed by atoms with E-state index in [0.29, 0.717) is 12.8 Å². The molecule has 0 aliphatic heterocycles. The van der Waals surface area contributed by atoms with Crippen molar-refractivity contribution in [3.63, 3.8) is 0 Å². The van der Waals surface area contributed by atoms with E-state index in [4.69, 9.17) is 0 Å². The van der Waals surface area contributed by atoms with Crippen LogP contribution in [0.2, 0.25) is 0 Å². The number of nitrogens with one attached hydrogen (secondary N) is 1. The summed E-state index contributed by atoms with van der Waals surface area (Å²) in [4.78, 5) is 12.6.